The van der Waals surface area contributed by atoms with Crippen molar-refractivity contribution in [1.29, 1.82) is 0 Å². The van der Waals surface area contributed by atoms with Crippen molar-refractivity contribution < 1.29 is 18.0 Å². The van der Waals surface area contributed by atoms with Crippen molar-refractivity contribution in [2.24, 2.45) is 0 Å². The number of alkyl halides is 3. The van der Waals surface area contributed by atoms with Crippen molar-refractivity contribution in [1.82, 2.24) is 25.1 Å². The molecule has 0 aromatic carbocycles. The molecule has 2 aromatic rings. The van der Waals surface area contributed by atoms with Crippen LogP contribution in [0.2, 0.25) is 0 Å². The number of hydrogen-bond donors (Lipinski definition) is 1. The number of halogens is 3. The molecule has 3 rings (SSSR count). The standard InChI is InChI=1S/C13H12F3N5O/c14-13(15,16)10-3-1-2-9(19-10)12(22)21-5-4-8(6-21)11-17-7-18-20-11/h1-3,7-8H,4-6H2,(H,17,18,20). The van der Waals surface area contributed by atoms with E-state index in [0.29, 0.717) is 25.3 Å². The van der Waals surface area contributed by atoms with Crippen molar-refractivity contribution in [3.8, 4) is 0 Å². The minimum Gasteiger partial charge on any atom is -0.337 e. The van der Waals surface area contributed by atoms with Gasteiger partial charge in [-0.25, -0.2) is 9.97 Å². The largest absolute Gasteiger partial charge is 0.433 e. The van der Waals surface area contributed by atoms with Crippen LogP contribution in [-0.2, 0) is 6.18 Å². The lowest BCUT2D eigenvalue weighted by Gasteiger charge is -2.16. The van der Waals surface area contributed by atoms with E-state index in [0.717, 1.165) is 6.07 Å². The smallest absolute Gasteiger partial charge is 0.337 e. The van der Waals surface area contributed by atoms with Gasteiger partial charge < -0.3 is 4.90 Å². The summed E-state index contributed by atoms with van der Waals surface area (Å²) in [5.74, 6) is 0.178. The summed E-state index contributed by atoms with van der Waals surface area (Å²) in [5.41, 5.74) is -1.27. The number of likely N-dealkylation sites (tertiary alicyclic amines) is 1. The number of aromatic nitrogens is 4. The van der Waals surface area contributed by atoms with Gasteiger partial charge in [0.05, 0.1) is 0 Å². The third-order valence-electron chi connectivity index (χ3n) is 3.55. The van der Waals surface area contributed by atoms with Crippen LogP contribution >= 0.6 is 0 Å². The summed E-state index contributed by atoms with van der Waals surface area (Å²) >= 11 is 0. The Morgan fingerprint density at radius 2 is 2.18 bits per heavy atom. The molecule has 0 aliphatic carbocycles. The zero-order valence-electron chi connectivity index (χ0n) is 11.3. The van der Waals surface area contributed by atoms with E-state index in [1.807, 2.05) is 0 Å². The van der Waals surface area contributed by atoms with E-state index in [4.69, 9.17) is 0 Å². The fourth-order valence-electron chi connectivity index (χ4n) is 2.45. The molecule has 1 aliphatic rings. The van der Waals surface area contributed by atoms with Gasteiger partial charge in [0.15, 0.2) is 0 Å². The fraction of sp³-hybridized carbons (Fsp3) is 0.385. The molecule has 22 heavy (non-hydrogen) atoms. The number of rotatable bonds is 2. The Bertz CT molecular complexity index is 671. The Hall–Kier alpha value is -2.45. The third kappa shape index (κ3) is 2.78. The van der Waals surface area contributed by atoms with Crippen LogP contribution in [0.1, 0.15) is 34.3 Å². The van der Waals surface area contributed by atoms with Gasteiger partial charge in [-0.3, -0.25) is 9.89 Å². The summed E-state index contributed by atoms with van der Waals surface area (Å²) in [7, 11) is 0. The lowest BCUT2D eigenvalue weighted by atomic mass is 10.1. The Kier molecular flexibility index (Phi) is 3.55. The summed E-state index contributed by atoms with van der Waals surface area (Å²) in [6.45, 7) is 0.827. The van der Waals surface area contributed by atoms with Crippen LogP contribution in [0.15, 0.2) is 24.5 Å². The first-order valence-corrected chi connectivity index (χ1v) is 6.64. The highest BCUT2D eigenvalue weighted by Gasteiger charge is 2.34. The molecule has 6 nitrogen and oxygen atoms in total. The van der Waals surface area contributed by atoms with E-state index in [1.54, 1.807) is 0 Å². The van der Waals surface area contributed by atoms with Crippen LogP contribution in [0.4, 0.5) is 13.2 Å². The number of H-pyrrole nitrogens is 1. The van der Waals surface area contributed by atoms with E-state index in [2.05, 4.69) is 20.2 Å². The molecule has 0 saturated carbocycles. The molecule has 1 unspecified atom stereocenters. The van der Waals surface area contributed by atoms with Gasteiger partial charge in [-0.1, -0.05) is 6.07 Å². The second-order valence-electron chi connectivity index (χ2n) is 5.01. The molecular formula is C13H12F3N5O. The second kappa shape index (κ2) is 5.39. The van der Waals surface area contributed by atoms with Crippen molar-refractivity contribution >= 4 is 5.91 Å². The molecule has 2 aromatic heterocycles. The van der Waals surface area contributed by atoms with Crippen LogP contribution in [-0.4, -0.2) is 44.1 Å². The van der Waals surface area contributed by atoms with Gasteiger partial charge in [-0.05, 0) is 18.6 Å². The maximum Gasteiger partial charge on any atom is 0.433 e. The molecule has 3 heterocycles. The fourth-order valence-corrected chi connectivity index (χ4v) is 2.45. The molecule has 1 saturated heterocycles. The van der Waals surface area contributed by atoms with Gasteiger partial charge in [-0.15, -0.1) is 0 Å². The minimum atomic E-state index is -4.57. The molecule has 0 bridgehead atoms. The molecule has 0 radical (unpaired) electrons. The van der Waals surface area contributed by atoms with Gasteiger partial charge >= 0.3 is 6.18 Å². The Labute approximate surface area is 123 Å². The predicted molar refractivity (Wildman–Crippen MR) is 68.9 cm³/mol. The zero-order valence-corrected chi connectivity index (χ0v) is 11.3. The predicted octanol–water partition coefficient (Wildman–Crippen LogP) is 1.85. The molecule has 1 fully saturated rings. The van der Waals surface area contributed by atoms with Crippen molar-refractivity contribution in [2.75, 3.05) is 13.1 Å². The van der Waals surface area contributed by atoms with Gasteiger partial charge in [0.2, 0.25) is 0 Å². The highest BCUT2D eigenvalue weighted by Crippen LogP contribution is 2.28. The number of pyridine rings is 1. The van der Waals surface area contributed by atoms with Crippen LogP contribution in [0, 0.1) is 0 Å². The Morgan fingerprint density at radius 3 is 2.86 bits per heavy atom. The van der Waals surface area contributed by atoms with Crippen LogP contribution in [0.25, 0.3) is 0 Å². The van der Waals surface area contributed by atoms with Gasteiger partial charge in [0, 0.05) is 19.0 Å². The number of hydrogen-bond acceptors (Lipinski definition) is 4. The number of carbonyl (C=O) groups is 1. The molecule has 9 heteroatoms. The van der Waals surface area contributed by atoms with E-state index < -0.39 is 17.8 Å². The maximum atomic E-state index is 12.6. The molecule has 1 amide bonds. The second-order valence-corrected chi connectivity index (χ2v) is 5.01. The molecular weight excluding hydrogens is 299 g/mol. The Morgan fingerprint density at radius 1 is 1.36 bits per heavy atom. The number of aromatic amines is 1. The van der Waals surface area contributed by atoms with Crippen molar-refractivity contribution in [3.63, 3.8) is 0 Å². The average molecular weight is 311 g/mol. The minimum absolute atomic E-state index is 0.0113. The lowest BCUT2D eigenvalue weighted by molar-refractivity contribution is -0.141. The number of amides is 1. The summed E-state index contributed by atoms with van der Waals surface area (Å²) in [4.78, 5) is 21.2. The van der Waals surface area contributed by atoms with Gasteiger partial charge in [0.25, 0.3) is 5.91 Å². The first-order valence-electron chi connectivity index (χ1n) is 6.64. The van der Waals surface area contributed by atoms with Crippen LogP contribution < -0.4 is 0 Å². The lowest BCUT2D eigenvalue weighted by Crippen LogP contribution is -2.29. The average Bonchev–Trinajstić information content (AvgIpc) is 3.16. The van der Waals surface area contributed by atoms with Gasteiger partial charge in [0.1, 0.15) is 23.5 Å². The summed E-state index contributed by atoms with van der Waals surface area (Å²) in [6, 6.07) is 3.32. The summed E-state index contributed by atoms with van der Waals surface area (Å²) < 4.78 is 37.9. The molecule has 0 spiro atoms. The normalized spacial score (nSPS) is 18.7. The summed E-state index contributed by atoms with van der Waals surface area (Å²) in [6.07, 6.45) is -2.50. The first-order chi connectivity index (χ1) is 10.4. The Balaban J connectivity index is 1.75. The van der Waals surface area contributed by atoms with Crippen molar-refractivity contribution in [2.45, 2.75) is 18.5 Å². The highest BCUT2D eigenvalue weighted by molar-refractivity contribution is 5.92. The van der Waals surface area contributed by atoms with Gasteiger partial charge in [-0.2, -0.15) is 18.3 Å². The number of carbonyl (C=O) groups excluding carboxylic acids is 1. The molecule has 1 N–H and O–H groups in total. The van der Waals surface area contributed by atoms with E-state index in [9.17, 15) is 18.0 Å². The molecule has 1 atom stereocenters. The zero-order chi connectivity index (χ0) is 15.7. The number of nitrogens with one attached hydrogen (secondary N) is 1. The third-order valence-corrected chi connectivity index (χ3v) is 3.55. The summed E-state index contributed by atoms with van der Waals surface area (Å²) in [5, 5.41) is 6.50. The number of nitrogens with zero attached hydrogens (tertiary/aromatic N) is 4. The van der Waals surface area contributed by atoms with E-state index >= 15 is 0 Å². The SMILES string of the molecule is O=C(c1cccc(C(F)(F)F)n1)N1CCC(c2ncn[nH]2)C1. The van der Waals surface area contributed by atoms with Crippen molar-refractivity contribution in [3.05, 3.63) is 41.7 Å². The first kappa shape index (κ1) is 14.5. The topological polar surface area (TPSA) is 74.8 Å². The quantitative estimate of drug-likeness (QED) is 0.918. The monoisotopic (exact) mass is 311 g/mol. The van der Waals surface area contributed by atoms with Crippen LogP contribution in [0.3, 0.4) is 0 Å². The molecule has 116 valence electrons. The van der Waals surface area contributed by atoms with Crippen LogP contribution in [0.5, 0.6) is 0 Å². The maximum absolute atomic E-state index is 12.6. The van der Waals surface area contributed by atoms with E-state index in [-0.39, 0.29) is 11.6 Å². The van der Waals surface area contributed by atoms with E-state index in [1.165, 1.54) is 23.4 Å². The highest BCUT2D eigenvalue weighted by atomic mass is 19.4. The molecule has 1 aliphatic heterocycles.